The van der Waals surface area contributed by atoms with E-state index in [0.717, 1.165) is 21.5 Å². The highest BCUT2D eigenvalue weighted by Crippen LogP contribution is 2.27. The number of carbonyl (C=O) groups excluding carboxylic acids is 2. The minimum absolute atomic E-state index is 0.112. The normalized spacial score (nSPS) is 10.9. The van der Waals surface area contributed by atoms with E-state index in [0.29, 0.717) is 21.0 Å². The molecule has 0 aliphatic heterocycles. The first kappa shape index (κ1) is 18.6. The van der Waals surface area contributed by atoms with Gasteiger partial charge in [-0.25, -0.2) is 4.79 Å². The van der Waals surface area contributed by atoms with Gasteiger partial charge in [0.1, 0.15) is 4.83 Å². The standard InChI is InChI=1S/C18H18N4O4S/c1-9-5-3-4-6-11(9)20-15(24)14-10(2)13-16(27-14)21-18(26)22(17(13)25)8-7-12(19)23/h3-6H,7-8H2,1-2H3,(H2,19,23)(H,20,24)(H,21,26). The number of nitrogens with zero attached hydrogens (tertiary/aromatic N) is 1. The third-order valence-corrected chi connectivity index (χ3v) is 5.46. The van der Waals surface area contributed by atoms with E-state index in [1.54, 1.807) is 13.0 Å². The number of carbonyl (C=O) groups is 2. The van der Waals surface area contributed by atoms with Crippen LogP contribution in [0.4, 0.5) is 5.69 Å². The summed E-state index contributed by atoms with van der Waals surface area (Å²) < 4.78 is 0.926. The van der Waals surface area contributed by atoms with Gasteiger partial charge in [-0.15, -0.1) is 11.3 Å². The largest absolute Gasteiger partial charge is 0.370 e. The third-order valence-electron chi connectivity index (χ3n) is 4.25. The fourth-order valence-electron chi connectivity index (χ4n) is 2.78. The maximum absolute atomic E-state index is 12.7. The van der Waals surface area contributed by atoms with Crippen LogP contribution >= 0.6 is 11.3 Å². The number of nitrogens with one attached hydrogen (secondary N) is 2. The molecule has 27 heavy (non-hydrogen) atoms. The first-order valence-corrected chi connectivity index (χ1v) is 9.02. The molecule has 0 bridgehead atoms. The van der Waals surface area contributed by atoms with E-state index in [9.17, 15) is 19.2 Å². The van der Waals surface area contributed by atoms with Gasteiger partial charge in [-0.05, 0) is 31.0 Å². The van der Waals surface area contributed by atoms with E-state index in [2.05, 4.69) is 10.3 Å². The van der Waals surface area contributed by atoms with E-state index in [-0.39, 0.29) is 24.3 Å². The fourth-order valence-corrected chi connectivity index (χ4v) is 3.87. The second kappa shape index (κ2) is 7.20. The molecule has 0 radical (unpaired) electrons. The predicted molar refractivity (Wildman–Crippen MR) is 104 cm³/mol. The number of benzene rings is 1. The summed E-state index contributed by atoms with van der Waals surface area (Å²) in [7, 11) is 0. The number of aromatic amines is 1. The number of primary amides is 1. The van der Waals surface area contributed by atoms with Gasteiger partial charge in [0.05, 0.1) is 10.3 Å². The quantitative estimate of drug-likeness (QED) is 0.614. The molecule has 0 aliphatic rings. The Kier molecular flexibility index (Phi) is 4.95. The summed E-state index contributed by atoms with van der Waals surface area (Å²) in [5.74, 6) is -0.964. The van der Waals surface area contributed by atoms with Crippen molar-refractivity contribution in [3.05, 3.63) is 61.1 Å². The third kappa shape index (κ3) is 3.54. The predicted octanol–water partition coefficient (Wildman–Crippen LogP) is 1.50. The number of hydrogen-bond acceptors (Lipinski definition) is 5. The van der Waals surface area contributed by atoms with Crippen molar-refractivity contribution in [2.75, 3.05) is 5.32 Å². The van der Waals surface area contributed by atoms with Crippen LogP contribution in [0.2, 0.25) is 0 Å². The van der Waals surface area contributed by atoms with Crippen LogP contribution in [0.15, 0.2) is 33.9 Å². The Labute approximate surface area is 157 Å². The molecule has 140 valence electrons. The average Bonchev–Trinajstić information content (AvgIpc) is 2.93. The molecule has 8 nitrogen and oxygen atoms in total. The zero-order valence-corrected chi connectivity index (χ0v) is 15.6. The molecule has 0 unspecified atom stereocenters. The Morgan fingerprint density at radius 2 is 1.93 bits per heavy atom. The number of aryl methyl sites for hydroxylation is 2. The van der Waals surface area contributed by atoms with Crippen molar-refractivity contribution in [3.8, 4) is 0 Å². The molecule has 1 aromatic carbocycles. The number of rotatable bonds is 5. The van der Waals surface area contributed by atoms with E-state index in [1.165, 1.54) is 0 Å². The van der Waals surface area contributed by atoms with E-state index in [4.69, 9.17) is 5.73 Å². The fraction of sp³-hybridized carbons (Fsp3) is 0.222. The first-order chi connectivity index (χ1) is 12.8. The Morgan fingerprint density at radius 1 is 1.22 bits per heavy atom. The Hall–Kier alpha value is -3.20. The van der Waals surface area contributed by atoms with E-state index >= 15 is 0 Å². The number of anilines is 1. The van der Waals surface area contributed by atoms with Crippen LogP contribution in [0.3, 0.4) is 0 Å². The van der Waals surface area contributed by atoms with Crippen LogP contribution in [0.25, 0.3) is 10.2 Å². The summed E-state index contributed by atoms with van der Waals surface area (Å²) in [4.78, 5) is 51.8. The molecule has 2 heterocycles. The molecule has 9 heteroatoms. The molecule has 2 aromatic heterocycles. The zero-order chi connectivity index (χ0) is 19.7. The number of nitrogens with two attached hydrogens (primary N) is 1. The maximum atomic E-state index is 12.7. The van der Waals surface area contributed by atoms with Gasteiger partial charge in [0.25, 0.3) is 11.5 Å². The van der Waals surface area contributed by atoms with Crippen molar-refractivity contribution >= 4 is 39.1 Å². The van der Waals surface area contributed by atoms with Crippen molar-refractivity contribution in [3.63, 3.8) is 0 Å². The summed E-state index contributed by atoms with van der Waals surface area (Å²) in [6.45, 7) is 3.42. The molecule has 0 fully saturated rings. The zero-order valence-electron chi connectivity index (χ0n) is 14.8. The molecule has 3 rings (SSSR count). The van der Waals surface area contributed by atoms with Crippen LogP contribution in [-0.2, 0) is 11.3 Å². The molecular weight excluding hydrogens is 368 g/mol. The van der Waals surface area contributed by atoms with Crippen LogP contribution in [0.1, 0.15) is 27.2 Å². The number of thiophene rings is 1. The maximum Gasteiger partial charge on any atom is 0.329 e. The van der Waals surface area contributed by atoms with Gasteiger partial charge in [-0.1, -0.05) is 18.2 Å². The van der Waals surface area contributed by atoms with E-state index in [1.807, 2.05) is 25.1 Å². The Morgan fingerprint density at radius 3 is 2.59 bits per heavy atom. The average molecular weight is 386 g/mol. The number of fused-ring (bicyclic) bond motifs is 1. The summed E-state index contributed by atoms with van der Waals surface area (Å²) in [6.07, 6.45) is -0.127. The van der Waals surface area contributed by atoms with Gasteiger partial charge >= 0.3 is 5.69 Å². The molecule has 4 N–H and O–H groups in total. The lowest BCUT2D eigenvalue weighted by molar-refractivity contribution is -0.118. The van der Waals surface area contributed by atoms with E-state index < -0.39 is 17.2 Å². The number of para-hydroxylation sites is 1. The van der Waals surface area contributed by atoms with Gasteiger partial charge < -0.3 is 11.1 Å². The van der Waals surface area contributed by atoms with Crippen molar-refractivity contribution in [1.82, 2.24) is 9.55 Å². The van der Waals surface area contributed by atoms with Crippen molar-refractivity contribution < 1.29 is 9.59 Å². The monoisotopic (exact) mass is 386 g/mol. The molecular formula is C18H18N4O4S. The molecule has 0 saturated heterocycles. The molecule has 0 saturated carbocycles. The number of hydrogen-bond donors (Lipinski definition) is 3. The van der Waals surface area contributed by atoms with Crippen molar-refractivity contribution in [1.29, 1.82) is 0 Å². The molecule has 0 atom stereocenters. The summed E-state index contributed by atoms with van der Waals surface area (Å²) in [5.41, 5.74) is 5.98. The van der Waals surface area contributed by atoms with Crippen LogP contribution in [-0.4, -0.2) is 21.4 Å². The topological polar surface area (TPSA) is 127 Å². The van der Waals surface area contributed by atoms with Crippen LogP contribution < -0.4 is 22.3 Å². The number of H-pyrrole nitrogens is 1. The van der Waals surface area contributed by atoms with Crippen LogP contribution in [0, 0.1) is 13.8 Å². The second-order valence-corrected chi connectivity index (χ2v) is 7.15. The highest BCUT2D eigenvalue weighted by atomic mass is 32.1. The summed E-state index contributed by atoms with van der Waals surface area (Å²) >= 11 is 1.05. The lowest BCUT2D eigenvalue weighted by Gasteiger charge is -2.07. The van der Waals surface area contributed by atoms with Crippen molar-refractivity contribution in [2.45, 2.75) is 26.8 Å². The van der Waals surface area contributed by atoms with Gasteiger partial charge in [-0.2, -0.15) is 0 Å². The molecule has 0 spiro atoms. The number of amides is 2. The minimum atomic E-state index is -0.638. The Bertz CT molecular complexity index is 1170. The van der Waals surface area contributed by atoms with Gasteiger partial charge in [-0.3, -0.25) is 23.9 Å². The summed E-state index contributed by atoms with van der Waals surface area (Å²) in [6, 6.07) is 7.35. The molecule has 2 amide bonds. The minimum Gasteiger partial charge on any atom is -0.370 e. The van der Waals surface area contributed by atoms with Gasteiger partial charge in [0.15, 0.2) is 0 Å². The highest BCUT2D eigenvalue weighted by Gasteiger charge is 2.20. The highest BCUT2D eigenvalue weighted by molar-refractivity contribution is 7.20. The molecule has 0 aliphatic carbocycles. The SMILES string of the molecule is Cc1ccccc1NC(=O)c1sc2[nH]c(=O)n(CCC(N)=O)c(=O)c2c1C. The second-order valence-electron chi connectivity index (χ2n) is 6.13. The lowest BCUT2D eigenvalue weighted by Crippen LogP contribution is -2.36. The van der Waals surface area contributed by atoms with Gasteiger partial charge in [0, 0.05) is 18.7 Å². The van der Waals surface area contributed by atoms with Crippen LogP contribution in [0.5, 0.6) is 0 Å². The lowest BCUT2D eigenvalue weighted by atomic mass is 10.2. The smallest absolute Gasteiger partial charge is 0.329 e. The first-order valence-electron chi connectivity index (χ1n) is 8.21. The molecule has 3 aromatic rings. The van der Waals surface area contributed by atoms with Gasteiger partial charge in [0.2, 0.25) is 5.91 Å². The number of aromatic nitrogens is 2. The Balaban J connectivity index is 2.04. The van der Waals surface area contributed by atoms with Crippen molar-refractivity contribution in [2.24, 2.45) is 5.73 Å². The summed E-state index contributed by atoms with van der Waals surface area (Å²) in [5, 5.41) is 3.09.